The zero-order valence-electron chi connectivity index (χ0n) is 10.4. The summed E-state index contributed by atoms with van der Waals surface area (Å²) < 4.78 is 0. The summed E-state index contributed by atoms with van der Waals surface area (Å²) in [5.74, 6) is 0. The van der Waals surface area contributed by atoms with Gasteiger partial charge >= 0.3 is 0 Å². The molecule has 0 spiro atoms. The normalized spacial score (nSPS) is 21.2. The number of benzene rings is 1. The fourth-order valence-corrected chi connectivity index (χ4v) is 2.49. The van der Waals surface area contributed by atoms with Crippen LogP contribution in [0.25, 0.3) is 10.9 Å². The van der Waals surface area contributed by atoms with Crippen molar-refractivity contribution < 1.29 is 5.21 Å². The predicted molar refractivity (Wildman–Crippen MR) is 72.3 cm³/mol. The lowest BCUT2D eigenvalue weighted by Gasteiger charge is -2.28. The standard InChI is InChI=1S/C14H17N3O/c1-10-9-17(18)12(8-15-10)6-11-7-16-14-5-3-2-4-13(11)14/h2-5,7,12,16,18H,6,8-9H2,1H3. The Bertz CT molecular complexity index is 587. The minimum atomic E-state index is 0.0768. The van der Waals surface area contributed by atoms with E-state index in [9.17, 15) is 5.21 Å². The number of hydroxylamine groups is 2. The lowest BCUT2D eigenvalue weighted by atomic mass is 10.0. The monoisotopic (exact) mass is 243 g/mol. The highest BCUT2D eigenvalue weighted by Gasteiger charge is 2.22. The summed E-state index contributed by atoms with van der Waals surface area (Å²) in [6, 6.07) is 8.32. The molecule has 2 aromatic rings. The smallest absolute Gasteiger partial charge is 0.0619 e. The van der Waals surface area contributed by atoms with Crippen molar-refractivity contribution in [3.63, 3.8) is 0 Å². The molecule has 94 valence electrons. The van der Waals surface area contributed by atoms with Crippen molar-refractivity contribution in [2.24, 2.45) is 4.99 Å². The molecule has 0 aliphatic carbocycles. The Morgan fingerprint density at radius 3 is 3.11 bits per heavy atom. The summed E-state index contributed by atoms with van der Waals surface area (Å²) in [5, 5.41) is 12.6. The molecule has 0 saturated heterocycles. The molecule has 1 aliphatic rings. The van der Waals surface area contributed by atoms with E-state index in [4.69, 9.17) is 0 Å². The predicted octanol–water partition coefficient (Wildman–Crippen LogP) is 2.24. The molecule has 1 aromatic heterocycles. The van der Waals surface area contributed by atoms with Gasteiger partial charge in [0.15, 0.2) is 0 Å². The molecule has 0 saturated carbocycles. The number of para-hydroxylation sites is 1. The molecule has 2 N–H and O–H groups in total. The van der Waals surface area contributed by atoms with Crippen molar-refractivity contribution in [3.05, 3.63) is 36.0 Å². The number of aromatic nitrogens is 1. The maximum absolute atomic E-state index is 9.95. The topological polar surface area (TPSA) is 51.6 Å². The summed E-state index contributed by atoms with van der Waals surface area (Å²) in [6.07, 6.45) is 2.85. The zero-order valence-corrected chi connectivity index (χ0v) is 10.4. The van der Waals surface area contributed by atoms with E-state index >= 15 is 0 Å². The Morgan fingerprint density at radius 1 is 1.44 bits per heavy atom. The number of hydrogen-bond acceptors (Lipinski definition) is 3. The minimum Gasteiger partial charge on any atom is -0.361 e. The fraction of sp³-hybridized carbons (Fsp3) is 0.357. The molecule has 0 fully saturated rings. The first-order valence-electron chi connectivity index (χ1n) is 6.24. The van der Waals surface area contributed by atoms with E-state index < -0.39 is 0 Å². The quantitative estimate of drug-likeness (QED) is 0.850. The number of aromatic amines is 1. The lowest BCUT2D eigenvalue weighted by molar-refractivity contribution is -0.113. The van der Waals surface area contributed by atoms with E-state index in [0.717, 1.165) is 17.6 Å². The van der Waals surface area contributed by atoms with Crippen molar-refractivity contribution in [2.45, 2.75) is 19.4 Å². The van der Waals surface area contributed by atoms with E-state index in [2.05, 4.69) is 22.1 Å². The van der Waals surface area contributed by atoms with Gasteiger partial charge < -0.3 is 10.2 Å². The Balaban J connectivity index is 1.84. The SMILES string of the molecule is CC1=NCC(Cc2c[nH]c3ccccc23)N(O)C1. The van der Waals surface area contributed by atoms with Crippen LogP contribution in [-0.4, -0.2) is 40.1 Å². The third-order valence-corrected chi connectivity index (χ3v) is 3.51. The van der Waals surface area contributed by atoms with Crippen LogP contribution in [-0.2, 0) is 6.42 Å². The van der Waals surface area contributed by atoms with Gasteiger partial charge in [-0.05, 0) is 25.0 Å². The Labute approximate surface area is 106 Å². The first-order valence-corrected chi connectivity index (χ1v) is 6.24. The molecule has 4 heteroatoms. The van der Waals surface area contributed by atoms with Gasteiger partial charge in [-0.15, -0.1) is 0 Å². The van der Waals surface area contributed by atoms with Gasteiger partial charge in [-0.3, -0.25) is 4.99 Å². The second-order valence-corrected chi connectivity index (χ2v) is 4.89. The highest BCUT2D eigenvalue weighted by atomic mass is 16.5. The fourth-order valence-electron chi connectivity index (χ4n) is 2.49. The molecular formula is C14H17N3O. The number of nitrogens with zero attached hydrogens (tertiary/aromatic N) is 2. The molecular weight excluding hydrogens is 226 g/mol. The molecule has 0 bridgehead atoms. The van der Waals surface area contributed by atoms with Crippen LogP contribution in [0.15, 0.2) is 35.5 Å². The second kappa shape index (κ2) is 4.55. The number of H-pyrrole nitrogens is 1. The van der Waals surface area contributed by atoms with Crippen molar-refractivity contribution in [3.8, 4) is 0 Å². The lowest BCUT2D eigenvalue weighted by Crippen LogP contribution is -2.43. The third kappa shape index (κ3) is 2.05. The molecule has 18 heavy (non-hydrogen) atoms. The first-order chi connectivity index (χ1) is 8.74. The van der Waals surface area contributed by atoms with Crippen LogP contribution >= 0.6 is 0 Å². The zero-order chi connectivity index (χ0) is 12.5. The highest BCUT2D eigenvalue weighted by Crippen LogP contribution is 2.21. The van der Waals surface area contributed by atoms with Gasteiger partial charge in [-0.2, -0.15) is 5.06 Å². The number of aliphatic imine (C=N–C) groups is 1. The van der Waals surface area contributed by atoms with Crippen molar-refractivity contribution in [1.29, 1.82) is 0 Å². The van der Waals surface area contributed by atoms with Crippen LogP contribution < -0.4 is 0 Å². The summed E-state index contributed by atoms with van der Waals surface area (Å²) in [7, 11) is 0. The second-order valence-electron chi connectivity index (χ2n) is 4.89. The number of fused-ring (bicyclic) bond motifs is 1. The molecule has 1 aromatic carbocycles. The van der Waals surface area contributed by atoms with Gasteiger partial charge in [0, 0.05) is 22.8 Å². The summed E-state index contributed by atoms with van der Waals surface area (Å²) in [6.45, 7) is 3.17. The average Bonchev–Trinajstić information content (AvgIpc) is 2.76. The Kier molecular flexibility index (Phi) is 2.89. The van der Waals surface area contributed by atoms with Crippen molar-refractivity contribution in [1.82, 2.24) is 10.0 Å². The van der Waals surface area contributed by atoms with Crippen LogP contribution in [0.2, 0.25) is 0 Å². The summed E-state index contributed by atoms with van der Waals surface area (Å²) in [4.78, 5) is 7.69. The molecule has 0 amide bonds. The van der Waals surface area contributed by atoms with Gasteiger partial charge in [0.05, 0.1) is 19.1 Å². The van der Waals surface area contributed by atoms with Crippen LogP contribution in [0.5, 0.6) is 0 Å². The maximum Gasteiger partial charge on any atom is 0.0619 e. The summed E-state index contributed by atoms with van der Waals surface area (Å²) >= 11 is 0. The number of rotatable bonds is 2. The highest BCUT2D eigenvalue weighted by molar-refractivity contribution is 5.85. The van der Waals surface area contributed by atoms with Crippen LogP contribution in [0, 0.1) is 0 Å². The van der Waals surface area contributed by atoms with Gasteiger partial charge in [-0.1, -0.05) is 18.2 Å². The molecule has 1 aliphatic heterocycles. The van der Waals surface area contributed by atoms with Crippen LogP contribution in [0.4, 0.5) is 0 Å². The van der Waals surface area contributed by atoms with E-state index in [1.54, 1.807) is 0 Å². The molecule has 2 heterocycles. The Morgan fingerprint density at radius 2 is 2.28 bits per heavy atom. The Hall–Kier alpha value is -1.65. The van der Waals surface area contributed by atoms with Gasteiger partial charge in [0.1, 0.15) is 0 Å². The third-order valence-electron chi connectivity index (χ3n) is 3.51. The molecule has 4 nitrogen and oxygen atoms in total. The number of nitrogens with one attached hydrogen (secondary N) is 1. The van der Waals surface area contributed by atoms with E-state index in [1.807, 2.05) is 25.3 Å². The van der Waals surface area contributed by atoms with Crippen LogP contribution in [0.3, 0.4) is 0 Å². The largest absolute Gasteiger partial charge is 0.361 e. The van der Waals surface area contributed by atoms with E-state index in [0.29, 0.717) is 13.1 Å². The molecule has 3 rings (SSSR count). The van der Waals surface area contributed by atoms with Gasteiger partial charge in [0.2, 0.25) is 0 Å². The van der Waals surface area contributed by atoms with Gasteiger partial charge in [-0.25, -0.2) is 0 Å². The van der Waals surface area contributed by atoms with Crippen molar-refractivity contribution >= 4 is 16.6 Å². The maximum atomic E-state index is 9.95. The average molecular weight is 243 g/mol. The van der Waals surface area contributed by atoms with E-state index in [-0.39, 0.29) is 6.04 Å². The number of hydrogen-bond donors (Lipinski definition) is 2. The molecule has 1 unspecified atom stereocenters. The van der Waals surface area contributed by atoms with E-state index in [1.165, 1.54) is 16.0 Å². The molecule has 1 atom stereocenters. The van der Waals surface area contributed by atoms with Crippen LogP contribution in [0.1, 0.15) is 12.5 Å². The first kappa shape index (κ1) is 11.4. The van der Waals surface area contributed by atoms with Gasteiger partial charge in [0.25, 0.3) is 0 Å². The summed E-state index contributed by atoms with van der Waals surface area (Å²) in [5.41, 5.74) is 3.38. The minimum absolute atomic E-state index is 0.0768. The molecule has 0 radical (unpaired) electrons. The van der Waals surface area contributed by atoms with Crippen molar-refractivity contribution in [2.75, 3.05) is 13.1 Å².